The van der Waals surface area contributed by atoms with E-state index in [2.05, 4.69) is 51.0 Å². The average molecular weight is 417 g/mol. The first kappa shape index (κ1) is 16.5. The molecule has 0 aliphatic carbocycles. The minimum atomic E-state index is -0.402. The quantitative estimate of drug-likeness (QED) is 0.663. The summed E-state index contributed by atoms with van der Waals surface area (Å²) in [4.78, 5) is 0. The van der Waals surface area contributed by atoms with Gasteiger partial charge in [0, 0.05) is 10.5 Å². The maximum Gasteiger partial charge on any atom is 0.166 e. The van der Waals surface area contributed by atoms with Crippen LogP contribution in [0.15, 0.2) is 45.3 Å². The summed E-state index contributed by atoms with van der Waals surface area (Å²) >= 11 is 6.70. The van der Waals surface area contributed by atoms with Gasteiger partial charge in [-0.05, 0) is 65.3 Å². The SMILES string of the molecule is CCNC(C)c1ccc(Oc2ccc(Br)cc2F)c(Br)c1. The van der Waals surface area contributed by atoms with Crippen LogP contribution in [0.25, 0.3) is 0 Å². The van der Waals surface area contributed by atoms with Crippen molar-refractivity contribution in [2.75, 3.05) is 6.54 Å². The number of rotatable bonds is 5. The molecular formula is C16H16Br2FNO. The largest absolute Gasteiger partial charge is 0.453 e. The molecule has 1 atom stereocenters. The topological polar surface area (TPSA) is 21.3 Å². The van der Waals surface area contributed by atoms with Gasteiger partial charge in [0.2, 0.25) is 0 Å². The van der Waals surface area contributed by atoms with Gasteiger partial charge in [-0.1, -0.05) is 28.9 Å². The molecule has 0 amide bonds. The molecule has 112 valence electrons. The molecule has 21 heavy (non-hydrogen) atoms. The van der Waals surface area contributed by atoms with E-state index in [4.69, 9.17) is 4.74 Å². The molecular weight excluding hydrogens is 401 g/mol. The molecule has 5 heteroatoms. The minimum absolute atomic E-state index is 0.200. The zero-order valence-corrected chi connectivity index (χ0v) is 15.0. The Kier molecular flexibility index (Phi) is 5.79. The summed E-state index contributed by atoms with van der Waals surface area (Å²) in [6, 6.07) is 10.8. The Labute approximate surface area is 141 Å². The maximum absolute atomic E-state index is 13.8. The summed E-state index contributed by atoms with van der Waals surface area (Å²) in [6.07, 6.45) is 0. The van der Waals surface area contributed by atoms with Crippen molar-refractivity contribution in [2.24, 2.45) is 0 Å². The zero-order valence-electron chi connectivity index (χ0n) is 11.8. The van der Waals surface area contributed by atoms with Gasteiger partial charge in [-0.3, -0.25) is 0 Å². The molecule has 2 rings (SSSR count). The second kappa shape index (κ2) is 7.38. The van der Waals surface area contributed by atoms with Crippen LogP contribution in [0, 0.1) is 5.82 Å². The lowest BCUT2D eigenvalue weighted by atomic mass is 10.1. The molecule has 2 nitrogen and oxygen atoms in total. The third kappa shape index (κ3) is 4.28. The molecule has 0 bridgehead atoms. The fourth-order valence-corrected chi connectivity index (χ4v) is 2.78. The van der Waals surface area contributed by atoms with Crippen molar-refractivity contribution >= 4 is 31.9 Å². The van der Waals surface area contributed by atoms with Crippen molar-refractivity contribution in [3.8, 4) is 11.5 Å². The summed E-state index contributed by atoms with van der Waals surface area (Å²) in [6.45, 7) is 5.07. The van der Waals surface area contributed by atoms with E-state index in [1.165, 1.54) is 6.07 Å². The van der Waals surface area contributed by atoms with E-state index < -0.39 is 5.82 Å². The highest BCUT2D eigenvalue weighted by molar-refractivity contribution is 9.10. The lowest BCUT2D eigenvalue weighted by Gasteiger charge is -2.15. The predicted octanol–water partition coefficient (Wildman–Crippen LogP) is 5.81. The molecule has 0 aliphatic heterocycles. The average Bonchev–Trinajstić information content (AvgIpc) is 2.44. The molecule has 0 fully saturated rings. The Bertz CT molecular complexity index is 634. The van der Waals surface area contributed by atoms with Crippen LogP contribution in [0.5, 0.6) is 11.5 Å². The van der Waals surface area contributed by atoms with Gasteiger partial charge in [-0.2, -0.15) is 0 Å². The van der Waals surface area contributed by atoms with E-state index in [0.717, 1.165) is 16.6 Å². The van der Waals surface area contributed by atoms with Crippen molar-refractivity contribution < 1.29 is 9.13 Å². The van der Waals surface area contributed by atoms with Crippen LogP contribution in [0.3, 0.4) is 0 Å². The number of benzene rings is 2. The van der Waals surface area contributed by atoms with Gasteiger partial charge in [0.25, 0.3) is 0 Å². The number of ether oxygens (including phenoxy) is 1. The van der Waals surface area contributed by atoms with Gasteiger partial charge >= 0.3 is 0 Å². The smallest absolute Gasteiger partial charge is 0.166 e. The first-order valence-corrected chi connectivity index (χ1v) is 8.25. The third-order valence-electron chi connectivity index (χ3n) is 3.08. The Morgan fingerprint density at radius 1 is 1.14 bits per heavy atom. The van der Waals surface area contributed by atoms with Crippen LogP contribution >= 0.6 is 31.9 Å². The van der Waals surface area contributed by atoms with Crippen LogP contribution < -0.4 is 10.1 Å². The molecule has 1 N–H and O–H groups in total. The van der Waals surface area contributed by atoms with Crippen LogP contribution in [0.4, 0.5) is 4.39 Å². The first-order chi connectivity index (χ1) is 10.0. The van der Waals surface area contributed by atoms with E-state index in [0.29, 0.717) is 10.2 Å². The van der Waals surface area contributed by atoms with E-state index in [-0.39, 0.29) is 11.8 Å². The summed E-state index contributed by atoms with van der Waals surface area (Å²) in [5.41, 5.74) is 1.15. The Morgan fingerprint density at radius 2 is 1.86 bits per heavy atom. The monoisotopic (exact) mass is 415 g/mol. The fraction of sp³-hybridized carbons (Fsp3) is 0.250. The number of hydrogen-bond acceptors (Lipinski definition) is 2. The first-order valence-electron chi connectivity index (χ1n) is 6.67. The Hall–Kier alpha value is -0.910. The van der Waals surface area contributed by atoms with Crippen molar-refractivity contribution in [3.05, 3.63) is 56.7 Å². The molecule has 2 aromatic rings. The molecule has 0 heterocycles. The highest BCUT2D eigenvalue weighted by Gasteiger charge is 2.11. The Balaban J connectivity index is 2.21. The molecule has 0 aromatic heterocycles. The van der Waals surface area contributed by atoms with E-state index in [9.17, 15) is 4.39 Å². The normalized spacial score (nSPS) is 12.2. The molecule has 2 aromatic carbocycles. The van der Waals surface area contributed by atoms with Gasteiger partial charge in [-0.15, -0.1) is 0 Å². The van der Waals surface area contributed by atoms with Crippen molar-refractivity contribution in [1.82, 2.24) is 5.32 Å². The highest BCUT2D eigenvalue weighted by atomic mass is 79.9. The van der Waals surface area contributed by atoms with Crippen LogP contribution in [-0.2, 0) is 0 Å². The van der Waals surface area contributed by atoms with Gasteiger partial charge in [0.05, 0.1) is 4.47 Å². The third-order valence-corrected chi connectivity index (χ3v) is 4.19. The fourth-order valence-electron chi connectivity index (χ4n) is 1.97. The standard InChI is InChI=1S/C16H16Br2FNO/c1-3-20-10(2)11-4-6-15(13(18)8-11)21-16-7-5-12(17)9-14(16)19/h4-10,20H,3H2,1-2H3. The zero-order chi connectivity index (χ0) is 15.4. The summed E-state index contributed by atoms with van der Waals surface area (Å²) < 4.78 is 20.9. The molecule has 0 radical (unpaired) electrons. The van der Waals surface area contributed by atoms with Gasteiger partial charge in [0.1, 0.15) is 5.75 Å². The lowest BCUT2D eigenvalue weighted by Crippen LogP contribution is -2.17. The van der Waals surface area contributed by atoms with Crippen molar-refractivity contribution in [1.29, 1.82) is 0 Å². The van der Waals surface area contributed by atoms with Gasteiger partial charge in [0.15, 0.2) is 11.6 Å². The second-order valence-corrected chi connectivity index (χ2v) is 6.42. The van der Waals surface area contributed by atoms with Crippen molar-refractivity contribution in [3.63, 3.8) is 0 Å². The van der Waals surface area contributed by atoms with Crippen LogP contribution in [0.2, 0.25) is 0 Å². The number of nitrogens with one attached hydrogen (secondary N) is 1. The number of halogens is 3. The van der Waals surface area contributed by atoms with Gasteiger partial charge in [-0.25, -0.2) is 4.39 Å². The summed E-state index contributed by atoms with van der Waals surface area (Å²) in [5.74, 6) is 0.386. The number of hydrogen-bond donors (Lipinski definition) is 1. The summed E-state index contributed by atoms with van der Waals surface area (Å²) in [5, 5.41) is 3.35. The molecule has 0 spiro atoms. The van der Waals surface area contributed by atoms with Gasteiger partial charge < -0.3 is 10.1 Å². The minimum Gasteiger partial charge on any atom is -0.453 e. The second-order valence-electron chi connectivity index (χ2n) is 4.65. The van der Waals surface area contributed by atoms with Crippen molar-refractivity contribution in [2.45, 2.75) is 19.9 Å². The molecule has 1 unspecified atom stereocenters. The maximum atomic E-state index is 13.8. The molecule has 0 aliphatic rings. The van der Waals surface area contributed by atoms with Crippen LogP contribution in [0.1, 0.15) is 25.5 Å². The summed E-state index contributed by atoms with van der Waals surface area (Å²) in [7, 11) is 0. The van der Waals surface area contributed by atoms with E-state index >= 15 is 0 Å². The Morgan fingerprint density at radius 3 is 2.48 bits per heavy atom. The van der Waals surface area contributed by atoms with E-state index in [1.807, 2.05) is 18.2 Å². The van der Waals surface area contributed by atoms with Crippen LogP contribution in [-0.4, -0.2) is 6.54 Å². The molecule has 0 saturated heterocycles. The lowest BCUT2D eigenvalue weighted by molar-refractivity contribution is 0.439. The molecule has 0 saturated carbocycles. The highest BCUT2D eigenvalue weighted by Crippen LogP contribution is 2.33. The predicted molar refractivity (Wildman–Crippen MR) is 90.4 cm³/mol. The van der Waals surface area contributed by atoms with E-state index in [1.54, 1.807) is 12.1 Å².